The van der Waals surface area contributed by atoms with Gasteiger partial charge in [0.25, 0.3) is 5.69 Å². The Balaban J connectivity index is 2.36. The van der Waals surface area contributed by atoms with Gasteiger partial charge in [0.05, 0.1) is 16.8 Å². The quantitative estimate of drug-likeness (QED) is 0.474. The molecular formula is C11H10BrClN4O2. The van der Waals surface area contributed by atoms with Crippen molar-refractivity contribution in [2.75, 3.05) is 5.88 Å². The topological polar surface area (TPSA) is 73.8 Å². The Labute approximate surface area is 122 Å². The van der Waals surface area contributed by atoms with Crippen LogP contribution in [0.5, 0.6) is 0 Å². The summed E-state index contributed by atoms with van der Waals surface area (Å²) in [5.41, 5.74) is 1.12. The Kier molecular flexibility index (Phi) is 4.49. The summed E-state index contributed by atoms with van der Waals surface area (Å²) in [5.74, 6) is 0.547. The minimum absolute atomic E-state index is 0.0248. The predicted molar refractivity (Wildman–Crippen MR) is 74.8 cm³/mol. The smallest absolute Gasteiger partial charge is 0.258 e. The molecule has 8 heteroatoms. The number of nitrogens with zero attached hydrogens (tertiary/aromatic N) is 4. The highest BCUT2D eigenvalue weighted by Crippen LogP contribution is 2.26. The second kappa shape index (κ2) is 6.12. The van der Waals surface area contributed by atoms with Crippen molar-refractivity contribution in [2.45, 2.75) is 12.8 Å². The summed E-state index contributed by atoms with van der Waals surface area (Å²) in [6.45, 7) is 0. The average molecular weight is 346 g/mol. The molecule has 0 spiro atoms. The molecule has 0 aliphatic carbocycles. The van der Waals surface area contributed by atoms with E-state index in [1.54, 1.807) is 18.3 Å². The van der Waals surface area contributed by atoms with Crippen molar-refractivity contribution in [1.82, 2.24) is 15.0 Å². The van der Waals surface area contributed by atoms with Crippen molar-refractivity contribution in [3.05, 3.63) is 44.7 Å². The summed E-state index contributed by atoms with van der Waals surface area (Å²) in [7, 11) is 0. The summed E-state index contributed by atoms with van der Waals surface area (Å²) < 4.78 is 2.05. The third kappa shape index (κ3) is 3.30. The first-order chi connectivity index (χ1) is 9.11. The molecule has 0 aliphatic rings. The van der Waals surface area contributed by atoms with Crippen molar-refractivity contribution in [1.29, 1.82) is 0 Å². The third-order valence-corrected chi connectivity index (χ3v) is 3.25. The van der Waals surface area contributed by atoms with E-state index in [0.717, 1.165) is 12.1 Å². The number of aryl methyl sites for hydroxylation is 1. The van der Waals surface area contributed by atoms with Gasteiger partial charge in [0.1, 0.15) is 5.69 Å². The maximum absolute atomic E-state index is 11.0. The number of nitro benzene ring substituents is 1. The second-order valence-electron chi connectivity index (χ2n) is 3.84. The lowest BCUT2D eigenvalue weighted by Gasteiger charge is -2.02. The van der Waals surface area contributed by atoms with Gasteiger partial charge in [-0.1, -0.05) is 21.1 Å². The van der Waals surface area contributed by atoms with Gasteiger partial charge in [-0.15, -0.1) is 16.7 Å². The number of hydrogen-bond donors (Lipinski definition) is 0. The fraction of sp³-hybridized carbons (Fsp3) is 0.273. The standard InChI is InChI=1S/C11H10BrClN4O2/c12-8-3-4-10(11(6-8)17(18)19)16-7-9(14-15-16)2-1-5-13/h3-4,6-7H,1-2,5H2. The van der Waals surface area contributed by atoms with E-state index in [4.69, 9.17) is 11.6 Å². The number of alkyl halides is 1. The van der Waals surface area contributed by atoms with Gasteiger partial charge < -0.3 is 0 Å². The molecule has 0 bridgehead atoms. The van der Waals surface area contributed by atoms with Gasteiger partial charge in [-0.05, 0) is 25.0 Å². The molecule has 2 rings (SSSR count). The lowest BCUT2D eigenvalue weighted by atomic mass is 10.2. The molecule has 0 saturated heterocycles. The molecule has 0 aliphatic heterocycles. The van der Waals surface area contributed by atoms with Gasteiger partial charge in [0.15, 0.2) is 0 Å². The van der Waals surface area contributed by atoms with Gasteiger partial charge in [-0.2, -0.15) is 0 Å². The van der Waals surface area contributed by atoms with Crippen molar-refractivity contribution >= 4 is 33.2 Å². The SMILES string of the molecule is O=[N+]([O-])c1cc(Br)ccc1-n1cc(CCCCl)nn1. The van der Waals surface area contributed by atoms with Crippen LogP contribution in [0.15, 0.2) is 28.9 Å². The first-order valence-electron chi connectivity index (χ1n) is 5.53. The third-order valence-electron chi connectivity index (χ3n) is 2.49. The van der Waals surface area contributed by atoms with Gasteiger partial charge in [0, 0.05) is 16.4 Å². The number of aromatic nitrogens is 3. The van der Waals surface area contributed by atoms with Crippen LogP contribution < -0.4 is 0 Å². The summed E-state index contributed by atoms with van der Waals surface area (Å²) >= 11 is 8.82. The van der Waals surface area contributed by atoms with Crippen LogP contribution in [0.1, 0.15) is 12.1 Å². The maximum atomic E-state index is 11.0. The van der Waals surface area contributed by atoms with Crippen molar-refractivity contribution in [3.8, 4) is 5.69 Å². The van der Waals surface area contributed by atoms with Crippen molar-refractivity contribution < 1.29 is 4.92 Å². The average Bonchev–Trinajstić information content (AvgIpc) is 2.84. The van der Waals surface area contributed by atoms with Crippen LogP contribution in [0.25, 0.3) is 5.69 Å². The van der Waals surface area contributed by atoms with Crippen LogP contribution in [0.3, 0.4) is 0 Å². The Morgan fingerprint density at radius 2 is 2.26 bits per heavy atom. The monoisotopic (exact) mass is 344 g/mol. The number of halogens is 2. The fourth-order valence-corrected chi connectivity index (χ4v) is 2.10. The summed E-state index contributed by atoms with van der Waals surface area (Å²) in [6.07, 6.45) is 3.18. The fourth-order valence-electron chi connectivity index (χ4n) is 1.62. The van der Waals surface area contributed by atoms with Crippen LogP contribution in [-0.4, -0.2) is 25.8 Å². The van der Waals surface area contributed by atoms with Gasteiger partial charge in [-0.3, -0.25) is 10.1 Å². The van der Waals surface area contributed by atoms with Crippen molar-refractivity contribution in [3.63, 3.8) is 0 Å². The number of hydrogen-bond acceptors (Lipinski definition) is 4. The molecule has 0 fully saturated rings. The molecule has 0 radical (unpaired) electrons. The molecule has 0 unspecified atom stereocenters. The van der Waals surface area contributed by atoms with Crippen LogP contribution in [0.4, 0.5) is 5.69 Å². The van der Waals surface area contributed by atoms with E-state index < -0.39 is 4.92 Å². The van der Waals surface area contributed by atoms with E-state index in [-0.39, 0.29) is 5.69 Å². The molecule has 19 heavy (non-hydrogen) atoms. The minimum Gasteiger partial charge on any atom is -0.258 e. The summed E-state index contributed by atoms with van der Waals surface area (Å²) in [5, 5.41) is 18.9. The molecule has 1 heterocycles. The zero-order valence-electron chi connectivity index (χ0n) is 9.79. The van der Waals surface area contributed by atoms with Crippen LogP contribution in [-0.2, 0) is 6.42 Å². The highest BCUT2D eigenvalue weighted by molar-refractivity contribution is 9.10. The van der Waals surface area contributed by atoms with Gasteiger partial charge >= 0.3 is 0 Å². The predicted octanol–water partition coefficient (Wildman–Crippen LogP) is 3.11. The van der Waals surface area contributed by atoms with E-state index in [0.29, 0.717) is 22.5 Å². The number of benzene rings is 1. The maximum Gasteiger partial charge on any atom is 0.296 e. The highest BCUT2D eigenvalue weighted by atomic mass is 79.9. The van der Waals surface area contributed by atoms with E-state index in [1.165, 1.54) is 10.7 Å². The molecular weight excluding hydrogens is 336 g/mol. The summed E-state index contributed by atoms with van der Waals surface area (Å²) in [4.78, 5) is 10.6. The molecule has 100 valence electrons. The molecule has 1 aromatic heterocycles. The minimum atomic E-state index is -0.444. The Morgan fingerprint density at radius 3 is 2.95 bits per heavy atom. The molecule has 0 atom stereocenters. The highest BCUT2D eigenvalue weighted by Gasteiger charge is 2.17. The Hall–Kier alpha value is -1.47. The zero-order chi connectivity index (χ0) is 13.8. The van der Waals surface area contributed by atoms with E-state index >= 15 is 0 Å². The number of nitro groups is 1. The van der Waals surface area contributed by atoms with Crippen LogP contribution in [0.2, 0.25) is 0 Å². The van der Waals surface area contributed by atoms with Gasteiger partial charge in [0.2, 0.25) is 0 Å². The van der Waals surface area contributed by atoms with Crippen LogP contribution >= 0.6 is 27.5 Å². The largest absolute Gasteiger partial charge is 0.296 e. The first-order valence-corrected chi connectivity index (χ1v) is 6.86. The normalized spacial score (nSPS) is 10.6. The lowest BCUT2D eigenvalue weighted by molar-refractivity contribution is -0.384. The van der Waals surface area contributed by atoms with E-state index in [1.807, 2.05) is 0 Å². The molecule has 1 aromatic carbocycles. The van der Waals surface area contributed by atoms with E-state index in [2.05, 4.69) is 26.2 Å². The van der Waals surface area contributed by atoms with Crippen LogP contribution in [0, 0.1) is 10.1 Å². The molecule has 2 aromatic rings. The molecule has 6 nitrogen and oxygen atoms in total. The summed E-state index contributed by atoms with van der Waals surface area (Å²) in [6, 6.07) is 4.79. The zero-order valence-corrected chi connectivity index (χ0v) is 12.1. The molecule has 0 N–H and O–H groups in total. The van der Waals surface area contributed by atoms with Crippen molar-refractivity contribution in [2.24, 2.45) is 0 Å². The van der Waals surface area contributed by atoms with Gasteiger partial charge in [-0.25, -0.2) is 4.68 Å². The van der Waals surface area contributed by atoms with E-state index in [9.17, 15) is 10.1 Å². The Bertz CT molecular complexity index is 602. The lowest BCUT2D eigenvalue weighted by Crippen LogP contribution is -2.00. The number of rotatable bonds is 5. The molecule has 0 amide bonds. The molecule has 0 saturated carbocycles. The second-order valence-corrected chi connectivity index (χ2v) is 5.13. The Morgan fingerprint density at radius 1 is 1.47 bits per heavy atom. The first kappa shape index (κ1) is 14.0.